The van der Waals surface area contributed by atoms with Gasteiger partial charge in [0.15, 0.2) is 11.6 Å². The number of rotatable bonds is 1. The van der Waals surface area contributed by atoms with E-state index in [4.69, 9.17) is 10.5 Å². The molecule has 0 atom stereocenters. The van der Waals surface area contributed by atoms with E-state index < -0.39 is 11.4 Å². The normalized spacial score (nSPS) is 11.5. The zero-order valence-electron chi connectivity index (χ0n) is 9.02. The van der Waals surface area contributed by atoms with Gasteiger partial charge in [-0.05, 0) is 39.3 Å². The number of anilines is 1. The Bertz CT molecular complexity index is 319. The Hall–Kier alpha value is -1.25. The highest BCUT2D eigenvalue weighted by Gasteiger charge is 2.17. The molecule has 0 saturated heterocycles. The average molecular weight is 197 g/mol. The lowest BCUT2D eigenvalue weighted by Gasteiger charge is -2.23. The van der Waals surface area contributed by atoms with Gasteiger partial charge in [-0.2, -0.15) is 0 Å². The van der Waals surface area contributed by atoms with Crippen molar-refractivity contribution in [1.29, 1.82) is 0 Å². The Labute approximate surface area is 83.9 Å². The summed E-state index contributed by atoms with van der Waals surface area (Å²) in [5, 5.41) is 0. The van der Waals surface area contributed by atoms with Gasteiger partial charge in [0.05, 0.1) is 0 Å². The van der Waals surface area contributed by atoms with Crippen LogP contribution < -0.4 is 10.5 Å². The molecule has 0 aliphatic rings. The van der Waals surface area contributed by atoms with Crippen LogP contribution in [0, 0.1) is 12.7 Å². The largest absolute Gasteiger partial charge is 0.485 e. The van der Waals surface area contributed by atoms with E-state index in [2.05, 4.69) is 0 Å². The Morgan fingerprint density at radius 1 is 1.29 bits per heavy atom. The lowest BCUT2D eigenvalue weighted by Crippen LogP contribution is -2.24. The number of hydrogen-bond donors (Lipinski definition) is 1. The van der Waals surface area contributed by atoms with E-state index in [9.17, 15) is 4.39 Å². The summed E-state index contributed by atoms with van der Waals surface area (Å²) in [6, 6.07) is 2.97. The Kier molecular flexibility index (Phi) is 2.69. The number of nitrogen functional groups attached to an aromatic ring is 1. The third kappa shape index (κ3) is 2.62. The van der Waals surface area contributed by atoms with Crippen molar-refractivity contribution >= 4 is 5.69 Å². The smallest absolute Gasteiger partial charge is 0.167 e. The lowest BCUT2D eigenvalue weighted by molar-refractivity contribution is 0.123. The number of ether oxygens (including phenoxy) is 1. The van der Waals surface area contributed by atoms with Crippen LogP contribution >= 0.6 is 0 Å². The minimum absolute atomic E-state index is 0.284. The molecule has 0 unspecified atom stereocenters. The first-order valence-electron chi connectivity index (χ1n) is 4.54. The Morgan fingerprint density at radius 2 is 1.86 bits per heavy atom. The maximum Gasteiger partial charge on any atom is 0.167 e. The summed E-state index contributed by atoms with van der Waals surface area (Å²) < 4.78 is 18.9. The zero-order chi connectivity index (χ0) is 10.9. The van der Waals surface area contributed by atoms with E-state index in [1.165, 1.54) is 6.07 Å². The van der Waals surface area contributed by atoms with Crippen molar-refractivity contribution in [2.75, 3.05) is 5.73 Å². The summed E-state index contributed by atoms with van der Waals surface area (Å²) in [5.41, 5.74) is 6.23. The first-order chi connectivity index (χ1) is 6.29. The van der Waals surface area contributed by atoms with Gasteiger partial charge in [-0.25, -0.2) is 4.39 Å². The molecule has 0 aliphatic heterocycles. The van der Waals surface area contributed by atoms with Crippen LogP contribution in [0.4, 0.5) is 10.1 Å². The summed E-state index contributed by atoms with van der Waals surface area (Å²) in [4.78, 5) is 0. The van der Waals surface area contributed by atoms with Gasteiger partial charge >= 0.3 is 0 Å². The molecule has 0 spiro atoms. The van der Waals surface area contributed by atoms with Crippen molar-refractivity contribution < 1.29 is 9.13 Å². The van der Waals surface area contributed by atoms with Crippen LogP contribution in [0.5, 0.6) is 5.75 Å². The van der Waals surface area contributed by atoms with Gasteiger partial charge in [-0.1, -0.05) is 0 Å². The minimum atomic E-state index is -0.405. The van der Waals surface area contributed by atoms with Crippen LogP contribution in [-0.2, 0) is 0 Å². The Balaban J connectivity index is 3.09. The van der Waals surface area contributed by atoms with E-state index in [-0.39, 0.29) is 5.75 Å². The summed E-state index contributed by atoms with van der Waals surface area (Å²) in [6.45, 7) is 7.41. The van der Waals surface area contributed by atoms with Crippen LogP contribution in [0.25, 0.3) is 0 Å². The van der Waals surface area contributed by atoms with E-state index in [0.29, 0.717) is 5.69 Å². The summed E-state index contributed by atoms with van der Waals surface area (Å²) in [6.07, 6.45) is 0. The molecule has 3 heteroatoms. The molecule has 0 heterocycles. The van der Waals surface area contributed by atoms with E-state index in [1.54, 1.807) is 13.0 Å². The highest BCUT2D eigenvalue weighted by molar-refractivity contribution is 5.48. The van der Waals surface area contributed by atoms with E-state index >= 15 is 0 Å². The molecular formula is C11H16FNO. The van der Waals surface area contributed by atoms with Gasteiger partial charge in [-0.3, -0.25) is 0 Å². The van der Waals surface area contributed by atoms with Crippen molar-refractivity contribution in [3.63, 3.8) is 0 Å². The van der Waals surface area contributed by atoms with Crippen molar-refractivity contribution in [3.8, 4) is 5.75 Å². The predicted molar refractivity (Wildman–Crippen MR) is 55.9 cm³/mol. The molecule has 0 saturated carbocycles. The molecule has 0 aliphatic carbocycles. The van der Waals surface area contributed by atoms with Gasteiger partial charge < -0.3 is 10.5 Å². The molecule has 0 amide bonds. The third-order valence-electron chi connectivity index (χ3n) is 1.66. The first kappa shape index (κ1) is 10.8. The second-order valence-electron chi connectivity index (χ2n) is 4.36. The predicted octanol–water partition coefficient (Wildman–Crippen LogP) is 2.89. The molecule has 14 heavy (non-hydrogen) atoms. The molecule has 0 bridgehead atoms. The van der Waals surface area contributed by atoms with E-state index in [1.807, 2.05) is 20.8 Å². The van der Waals surface area contributed by atoms with Crippen molar-refractivity contribution in [1.82, 2.24) is 0 Å². The summed E-state index contributed by atoms with van der Waals surface area (Å²) in [5.74, 6) is -0.121. The van der Waals surface area contributed by atoms with Crippen molar-refractivity contribution in [3.05, 3.63) is 23.5 Å². The molecule has 0 fully saturated rings. The number of benzene rings is 1. The number of halogens is 1. The first-order valence-corrected chi connectivity index (χ1v) is 4.54. The SMILES string of the molecule is Cc1cc(N)cc(F)c1OC(C)(C)C. The number of aryl methyl sites for hydroxylation is 1. The second-order valence-corrected chi connectivity index (χ2v) is 4.36. The fourth-order valence-electron chi connectivity index (χ4n) is 1.19. The average Bonchev–Trinajstić information content (AvgIpc) is 1.95. The van der Waals surface area contributed by atoms with Crippen LogP contribution in [0.15, 0.2) is 12.1 Å². The zero-order valence-corrected chi connectivity index (χ0v) is 9.02. The van der Waals surface area contributed by atoms with Crippen LogP contribution in [0.2, 0.25) is 0 Å². The fourth-order valence-corrected chi connectivity index (χ4v) is 1.19. The molecule has 0 aromatic heterocycles. The monoisotopic (exact) mass is 197 g/mol. The maximum atomic E-state index is 13.4. The topological polar surface area (TPSA) is 35.2 Å². The fraction of sp³-hybridized carbons (Fsp3) is 0.455. The third-order valence-corrected chi connectivity index (χ3v) is 1.66. The van der Waals surface area contributed by atoms with Crippen molar-refractivity contribution in [2.45, 2.75) is 33.3 Å². The van der Waals surface area contributed by atoms with E-state index in [0.717, 1.165) is 5.56 Å². The quantitative estimate of drug-likeness (QED) is 0.702. The summed E-state index contributed by atoms with van der Waals surface area (Å²) >= 11 is 0. The number of nitrogens with two attached hydrogens (primary N) is 1. The lowest BCUT2D eigenvalue weighted by atomic mass is 10.1. The molecule has 1 aromatic carbocycles. The van der Waals surface area contributed by atoms with Crippen LogP contribution in [-0.4, -0.2) is 5.60 Å². The van der Waals surface area contributed by atoms with Crippen LogP contribution in [0.1, 0.15) is 26.3 Å². The highest BCUT2D eigenvalue weighted by atomic mass is 19.1. The van der Waals surface area contributed by atoms with Gasteiger partial charge in [-0.15, -0.1) is 0 Å². The van der Waals surface area contributed by atoms with Gasteiger partial charge in [0.1, 0.15) is 5.60 Å². The molecule has 0 radical (unpaired) electrons. The van der Waals surface area contributed by atoms with Gasteiger partial charge in [0.2, 0.25) is 0 Å². The second kappa shape index (κ2) is 3.48. The molecule has 1 rings (SSSR count). The van der Waals surface area contributed by atoms with Crippen LogP contribution in [0.3, 0.4) is 0 Å². The maximum absolute atomic E-state index is 13.4. The minimum Gasteiger partial charge on any atom is -0.485 e. The molecule has 2 nitrogen and oxygen atoms in total. The number of hydrogen-bond acceptors (Lipinski definition) is 2. The molecule has 1 aromatic rings. The summed E-state index contributed by atoms with van der Waals surface area (Å²) in [7, 11) is 0. The Morgan fingerprint density at radius 3 is 2.29 bits per heavy atom. The molecular weight excluding hydrogens is 181 g/mol. The molecule has 2 N–H and O–H groups in total. The van der Waals surface area contributed by atoms with Crippen molar-refractivity contribution in [2.24, 2.45) is 0 Å². The standard InChI is InChI=1S/C11H16FNO/c1-7-5-8(13)6-9(12)10(7)14-11(2,3)4/h5-6H,13H2,1-4H3. The van der Waals surface area contributed by atoms with Gasteiger partial charge in [0, 0.05) is 11.8 Å². The molecule has 78 valence electrons. The highest BCUT2D eigenvalue weighted by Crippen LogP contribution is 2.28. The van der Waals surface area contributed by atoms with Gasteiger partial charge in [0.25, 0.3) is 0 Å².